The third-order valence-electron chi connectivity index (χ3n) is 4.80. The van der Waals surface area contributed by atoms with Crippen LogP contribution in [0, 0.1) is 5.92 Å². The summed E-state index contributed by atoms with van der Waals surface area (Å²) in [5.74, 6) is 1.97. The predicted molar refractivity (Wildman–Crippen MR) is 93.5 cm³/mol. The van der Waals surface area contributed by atoms with Crippen LogP contribution in [0.25, 0.3) is 0 Å². The van der Waals surface area contributed by atoms with E-state index in [9.17, 15) is 0 Å². The summed E-state index contributed by atoms with van der Waals surface area (Å²) in [5.41, 5.74) is 3.91. The first-order valence-electron chi connectivity index (χ1n) is 7.63. The predicted octanol–water partition coefficient (Wildman–Crippen LogP) is 5.28. The number of fused-ring (bicyclic) bond motifs is 3. The maximum Gasteiger partial charge on any atom is 0.119 e. The fourth-order valence-electron chi connectivity index (χ4n) is 3.75. The number of para-hydroxylation sites is 1. The number of ether oxygens (including phenoxy) is 1. The molecule has 1 aliphatic heterocycles. The number of halogens is 1. The number of methoxy groups -OCH3 is 1. The van der Waals surface area contributed by atoms with E-state index in [4.69, 9.17) is 4.74 Å². The fourth-order valence-corrected chi connectivity index (χ4v) is 4.24. The van der Waals surface area contributed by atoms with Gasteiger partial charge in [-0.05, 0) is 57.6 Å². The minimum absolute atomic E-state index is 0.307. The highest BCUT2D eigenvalue weighted by atomic mass is 79.9. The minimum Gasteiger partial charge on any atom is -0.497 e. The van der Waals surface area contributed by atoms with Crippen LogP contribution in [-0.2, 0) is 0 Å². The molecule has 0 fully saturated rings. The van der Waals surface area contributed by atoms with Crippen molar-refractivity contribution in [2.45, 2.75) is 18.4 Å². The lowest BCUT2D eigenvalue weighted by molar-refractivity contribution is 0.406. The van der Waals surface area contributed by atoms with E-state index in [0.29, 0.717) is 17.9 Å². The van der Waals surface area contributed by atoms with Crippen molar-refractivity contribution in [2.75, 3.05) is 12.4 Å². The summed E-state index contributed by atoms with van der Waals surface area (Å²) in [6.45, 7) is 0. The van der Waals surface area contributed by atoms with Crippen LogP contribution in [0.15, 0.2) is 59.1 Å². The average Bonchev–Trinajstić information content (AvgIpc) is 3.04. The number of allylic oxidation sites excluding steroid dienone is 2. The summed E-state index contributed by atoms with van der Waals surface area (Å²) >= 11 is 3.70. The van der Waals surface area contributed by atoms with E-state index in [2.05, 4.69) is 69.8 Å². The first-order chi connectivity index (χ1) is 10.8. The second kappa shape index (κ2) is 5.47. The van der Waals surface area contributed by atoms with Gasteiger partial charge in [-0.15, -0.1) is 0 Å². The number of nitrogens with one attached hydrogen (secondary N) is 1. The molecule has 0 spiro atoms. The molecular formula is C19H18BrNO. The van der Waals surface area contributed by atoms with E-state index in [1.54, 1.807) is 7.11 Å². The average molecular weight is 356 g/mol. The Kier molecular flexibility index (Phi) is 3.45. The van der Waals surface area contributed by atoms with Crippen molar-refractivity contribution in [1.82, 2.24) is 0 Å². The third kappa shape index (κ3) is 2.15. The topological polar surface area (TPSA) is 21.3 Å². The lowest BCUT2D eigenvalue weighted by atomic mass is 9.77. The highest BCUT2D eigenvalue weighted by molar-refractivity contribution is 9.10. The molecule has 2 aromatic rings. The molecule has 0 amide bonds. The van der Waals surface area contributed by atoms with Crippen LogP contribution in [0.3, 0.4) is 0 Å². The van der Waals surface area contributed by atoms with Gasteiger partial charge in [0.1, 0.15) is 5.75 Å². The minimum atomic E-state index is 0.307. The molecule has 2 nitrogen and oxygen atoms in total. The van der Waals surface area contributed by atoms with Gasteiger partial charge in [0.15, 0.2) is 0 Å². The van der Waals surface area contributed by atoms with Gasteiger partial charge in [-0.1, -0.05) is 36.4 Å². The number of hydrogen-bond donors (Lipinski definition) is 1. The lowest BCUT2D eigenvalue weighted by Gasteiger charge is -2.38. The number of hydrogen-bond acceptors (Lipinski definition) is 2. The van der Waals surface area contributed by atoms with E-state index < -0.39 is 0 Å². The third-order valence-corrected chi connectivity index (χ3v) is 5.46. The van der Waals surface area contributed by atoms with Gasteiger partial charge in [0, 0.05) is 10.4 Å². The fraction of sp³-hybridized carbons (Fsp3) is 0.263. The zero-order chi connectivity index (χ0) is 15.1. The normalized spacial score (nSPS) is 25.3. The van der Waals surface area contributed by atoms with Gasteiger partial charge < -0.3 is 10.1 Å². The Bertz CT molecular complexity index is 740. The van der Waals surface area contributed by atoms with Crippen LogP contribution in [-0.4, -0.2) is 7.11 Å². The van der Waals surface area contributed by atoms with Gasteiger partial charge >= 0.3 is 0 Å². The molecule has 22 heavy (non-hydrogen) atoms. The molecule has 0 aromatic heterocycles. The molecule has 4 rings (SSSR count). The smallest absolute Gasteiger partial charge is 0.119 e. The summed E-state index contributed by atoms with van der Waals surface area (Å²) in [5, 5.41) is 3.76. The summed E-state index contributed by atoms with van der Waals surface area (Å²) in [6.07, 6.45) is 5.80. The number of rotatable bonds is 2. The number of benzene rings is 2. The molecule has 2 aliphatic rings. The monoisotopic (exact) mass is 355 g/mol. The zero-order valence-electron chi connectivity index (χ0n) is 12.4. The molecule has 1 N–H and O–H groups in total. The molecule has 0 saturated carbocycles. The van der Waals surface area contributed by atoms with Crippen molar-refractivity contribution in [1.29, 1.82) is 0 Å². The second-order valence-electron chi connectivity index (χ2n) is 5.96. The standard InChI is InChI=1S/C19H18BrNO/c1-22-13-6-2-5-12(11-13)18-15-8-3-7-14(15)16-9-4-10-17(20)19(16)21-18/h2-7,9-11,14-15,18,21H,8H2,1H3/t14-,15+,18-/m0/s1. The SMILES string of the molecule is COc1cccc([C@@H]2Nc3c(Br)cccc3[C@H]3C=CC[C@H]32)c1. The highest BCUT2D eigenvalue weighted by Crippen LogP contribution is 2.51. The quantitative estimate of drug-likeness (QED) is 0.739. The molecule has 0 unspecified atom stereocenters. The van der Waals surface area contributed by atoms with E-state index >= 15 is 0 Å². The van der Waals surface area contributed by atoms with Crippen LogP contribution in [0.4, 0.5) is 5.69 Å². The summed E-state index contributed by atoms with van der Waals surface area (Å²) in [7, 11) is 1.72. The molecule has 1 aliphatic carbocycles. The van der Waals surface area contributed by atoms with Gasteiger partial charge in [-0.2, -0.15) is 0 Å². The van der Waals surface area contributed by atoms with Crippen LogP contribution >= 0.6 is 15.9 Å². The van der Waals surface area contributed by atoms with Gasteiger partial charge in [0.2, 0.25) is 0 Å². The lowest BCUT2D eigenvalue weighted by Crippen LogP contribution is -2.29. The van der Waals surface area contributed by atoms with Gasteiger partial charge in [0.05, 0.1) is 18.8 Å². The van der Waals surface area contributed by atoms with Gasteiger partial charge in [-0.25, -0.2) is 0 Å². The Balaban J connectivity index is 1.80. The molecule has 0 saturated heterocycles. The van der Waals surface area contributed by atoms with E-state index in [0.717, 1.165) is 16.6 Å². The van der Waals surface area contributed by atoms with E-state index in [-0.39, 0.29) is 0 Å². The first kappa shape index (κ1) is 13.9. The molecule has 0 bridgehead atoms. The van der Waals surface area contributed by atoms with Crippen molar-refractivity contribution < 1.29 is 4.74 Å². The molecule has 3 heteroatoms. The summed E-state index contributed by atoms with van der Waals surface area (Å²) in [6, 6.07) is 15.2. The first-order valence-corrected chi connectivity index (χ1v) is 8.43. The molecular weight excluding hydrogens is 338 g/mol. The Hall–Kier alpha value is -1.74. The summed E-state index contributed by atoms with van der Waals surface area (Å²) in [4.78, 5) is 0. The van der Waals surface area contributed by atoms with Crippen molar-refractivity contribution in [3.8, 4) is 5.75 Å². The maximum atomic E-state index is 5.40. The molecule has 1 heterocycles. The Morgan fingerprint density at radius 2 is 2.05 bits per heavy atom. The largest absolute Gasteiger partial charge is 0.497 e. The van der Waals surface area contributed by atoms with Crippen molar-refractivity contribution >= 4 is 21.6 Å². The van der Waals surface area contributed by atoms with Crippen LogP contribution in [0.1, 0.15) is 29.5 Å². The number of anilines is 1. The van der Waals surface area contributed by atoms with Crippen molar-refractivity contribution in [3.05, 3.63) is 70.2 Å². The Morgan fingerprint density at radius 1 is 1.18 bits per heavy atom. The van der Waals surface area contributed by atoms with Gasteiger partial charge in [-0.3, -0.25) is 0 Å². The van der Waals surface area contributed by atoms with Crippen LogP contribution < -0.4 is 10.1 Å². The molecule has 112 valence electrons. The second-order valence-corrected chi connectivity index (χ2v) is 6.81. The molecule has 3 atom stereocenters. The summed E-state index contributed by atoms with van der Waals surface area (Å²) < 4.78 is 6.53. The Labute approximate surface area is 139 Å². The van der Waals surface area contributed by atoms with E-state index in [1.165, 1.54) is 16.8 Å². The highest BCUT2D eigenvalue weighted by Gasteiger charge is 2.38. The van der Waals surface area contributed by atoms with Crippen LogP contribution in [0.5, 0.6) is 5.75 Å². The maximum absolute atomic E-state index is 5.40. The molecule has 2 aromatic carbocycles. The van der Waals surface area contributed by atoms with E-state index in [1.807, 2.05) is 6.07 Å². The van der Waals surface area contributed by atoms with Crippen LogP contribution in [0.2, 0.25) is 0 Å². The molecule has 0 radical (unpaired) electrons. The Morgan fingerprint density at radius 3 is 2.91 bits per heavy atom. The van der Waals surface area contributed by atoms with Crippen molar-refractivity contribution in [3.63, 3.8) is 0 Å². The zero-order valence-corrected chi connectivity index (χ0v) is 14.0. The van der Waals surface area contributed by atoms with Crippen molar-refractivity contribution in [2.24, 2.45) is 5.92 Å². The van der Waals surface area contributed by atoms with Gasteiger partial charge in [0.25, 0.3) is 0 Å².